The van der Waals surface area contributed by atoms with Crippen molar-refractivity contribution in [1.29, 1.82) is 5.26 Å². The van der Waals surface area contributed by atoms with E-state index in [1.165, 1.54) is 35.2 Å². The normalized spacial score (nSPS) is 10.9. The van der Waals surface area contributed by atoms with Crippen molar-refractivity contribution in [3.8, 4) is 17.3 Å². The van der Waals surface area contributed by atoms with Crippen LogP contribution in [0.2, 0.25) is 0 Å². The molecule has 0 aliphatic rings. The average molecular weight is 380 g/mol. The van der Waals surface area contributed by atoms with Gasteiger partial charge in [0.1, 0.15) is 34.7 Å². The minimum atomic E-state index is -0.765. The van der Waals surface area contributed by atoms with Gasteiger partial charge in [0.15, 0.2) is 5.65 Å². The molecule has 0 atom stereocenters. The summed E-state index contributed by atoms with van der Waals surface area (Å²) in [4.78, 5) is 12.3. The van der Waals surface area contributed by atoms with E-state index in [0.717, 1.165) is 12.1 Å². The highest BCUT2D eigenvalue weighted by atomic mass is 19.1. The fourth-order valence-corrected chi connectivity index (χ4v) is 2.92. The Morgan fingerprint density at radius 1 is 1.04 bits per heavy atom. The summed E-state index contributed by atoms with van der Waals surface area (Å²) in [6, 6.07) is 9.60. The van der Waals surface area contributed by atoms with Crippen LogP contribution in [0.1, 0.15) is 11.1 Å². The molecule has 2 N–H and O–H groups in total. The van der Waals surface area contributed by atoms with E-state index in [9.17, 15) is 13.2 Å². The third kappa shape index (κ3) is 2.81. The first-order valence-electron chi connectivity index (χ1n) is 8.10. The van der Waals surface area contributed by atoms with Gasteiger partial charge in [0.2, 0.25) is 5.95 Å². The average Bonchev–Trinajstić information content (AvgIpc) is 3.07. The summed E-state index contributed by atoms with van der Waals surface area (Å²) in [5.74, 6) is -2.35. The number of nitriles is 1. The van der Waals surface area contributed by atoms with E-state index in [4.69, 9.17) is 11.0 Å². The van der Waals surface area contributed by atoms with Crippen LogP contribution in [0.25, 0.3) is 22.4 Å². The molecule has 0 aliphatic heterocycles. The third-order valence-electron chi connectivity index (χ3n) is 4.25. The maximum atomic E-state index is 14.6. The van der Waals surface area contributed by atoms with E-state index in [1.54, 1.807) is 6.07 Å². The highest BCUT2D eigenvalue weighted by molar-refractivity contribution is 5.88. The zero-order valence-electron chi connectivity index (χ0n) is 14.2. The lowest BCUT2D eigenvalue weighted by atomic mass is 10.1. The lowest BCUT2D eigenvalue weighted by molar-refractivity contribution is 0.546. The highest BCUT2D eigenvalue weighted by Gasteiger charge is 2.19. The smallest absolute Gasteiger partial charge is 0.222 e. The van der Waals surface area contributed by atoms with Crippen molar-refractivity contribution in [1.82, 2.24) is 19.5 Å². The molecule has 0 amide bonds. The predicted octanol–water partition coefficient (Wildman–Crippen LogP) is 3.41. The van der Waals surface area contributed by atoms with E-state index < -0.39 is 17.5 Å². The maximum Gasteiger partial charge on any atom is 0.222 e. The van der Waals surface area contributed by atoms with Crippen molar-refractivity contribution < 1.29 is 13.2 Å². The van der Waals surface area contributed by atoms with Crippen LogP contribution in [0.5, 0.6) is 0 Å². The summed E-state index contributed by atoms with van der Waals surface area (Å²) >= 11 is 0. The molecule has 138 valence electrons. The number of rotatable bonds is 3. The van der Waals surface area contributed by atoms with Crippen LogP contribution in [-0.2, 0) is 6.54 Å². The Morgan fingerprint density at radius 2 is 1.75 bits per heavy atom. The van der Waals surface area contributed by atoms with E-state index in [0.29, 0.717) is 0 Å². The van der Waals surface area contributed by atoms with Crippen LogP contribution in [0.4, 0.5) is 19.1 Å². The number of halogens is 3. The molecule has 2 aromatic carbocycles. The minimum Gasteiger partial charge on any atom is -0.368 e. The molecule has 4 rings (SSSR count). The molecule has 2 aromatic heterocycles. The van der Waals surface area contributed by atoms with Gasteiger partial charge in [0.25, 0.3) is 0 Å². The van der Waals surface area contributed by atoms with Gasteiger partial charge in [0.05, 0.1) is 18.4 Å². The Labute approximate surface area is 156 Å². The second-order valence-corrected chi connectivity index (χ2v) is 5.95. The van der Waals surface area contributed by atoms with Crippen molar-refractivity contribution in [3.63, 3.8) is 0 Å². The Morgan fingerprint density at radius 3 is 2.46 bits per heavy atom. The van der Waals surface area contributed by atoms with Gasteiger partial charge in [-0.15, -0.1) is 0 Å². The summed E-state index contributed by atoms with van der Waals surface area (Å²) in [6.45, 7) is -0.189. The Hall–Kier alpha value is -3.93. The van der Waals surface area contributed by atoms with Gasteiger partial charge >= 0.3 is 0 Å². The molecule has 0 bridgehead atoms. The zero-order chi connectivity index (χ0) is 19.8. The molecule has 0 saturated heterocycles. The number of benzene rings is 2. The number of aromatic nitrogens is 4. The van der Waals surface area contributed by atoms with Crippen molar-refractivity contribution >= 4 is 17.1 Å². The number of imidazole rings is 1. The molecular weight excluding hydrogens is 369 g/mol. The Bertz CT molecular complexity index is 1240. The van der Waals surface area contributed by atoms with Gasteiger partial charge < -0.3 is 10.3 Å². The molecule has 9 heteroatoms. The van der Waals surface area contributed by atoms with Crippen LogP contribution in [-0.4, -0.2) is 19.5 Å². The molecule has 4 aromatic rings. The van der Waals surface area contributed by atoms with Crippen molar-refractivity contribution in [3.05, 3.63) is 71.3 Å². The number of nitrogen functional groups attached to an aromatic ring is 1. The molecule has 0 spiro atoms. The molecule has 0 unspecified atom stereocenters. The number of hydrogen-bond donors (Lipinski definition) is 1. The first kappa shape index (κ1) is 17.5. The first-order valence-corrected chi connectivity index (χ1v) is 8.10. The summed E-state index contributed by atoms with van der Waals surface area (Å²) in [5, 5.41) is 9.04. The van der Waals surface area contributed by atoms with Crippen molar-refractivity contribution in [2.24, 2.45) is 0 Å². The number of anilines is 1. The summed E-state index contributed by atoms with van der Waals surface area (Å²) < 4.78 is 44.0. The largest absolute Gasteiger partial charge is 0.368 e. The number of nitrogens with zero attached hydrogens (tertiary/aromatic N) is 5. The van der Waals surface area contributed by atoms with Gasteiger partial charge in [-0.1, -0.05) is 12.1 Å². The molecule has 28 heavy (non-hydrogen) atoms. The topological polar surface area (TPSA) is 93.4 Å². The quantitative estimate of drug-likeness (QED) is 0.588. The lowest BCUT2D eigenvalue weighted by Gasteiger charge is -2.08. The van der Waals surface area contributed by atoms with Crippen molar-refractivity contribution in [2.75, 3.05) is 5.73 Å². The number of hydrogen-bond acceptors (Lipinski definition) is 5. The van der Waals surface area contributed by atoms with Gasteiger partial charge in [0, 0.05) is 11.1 Å². The van der Waals surface area contributed by atoms with Crippen LogP contribution in [0.3, 0.4) is 0 Å². The molecular formula is C19H11F3N6. The highest BCUT2D eigenvalue weighted by Crippen LogP contribution is 2.29. The fraction of sp³-hybridized carbons (Fsp3) is 0.0526. The number of nitrogens with two attached hydrogens (primary N) is 1. The summed E-state index contributed by atoms with van der Waals surface area (Å²) in [7, 11) is 0. The van der Waals surface area contributed by atoms with Gasteiger partial charge in [-0.3, -0.25) is 0 Å². The monoisotopic (exact) mass is 380 g/mol. The Kier molecular flexibility index (Phi) is 4.16. The third-order valence-corrected chi connectivity index (χ3v) is 4.25. The summed E-state index contributed by atoms with van der Waals surface area (Å²) in [6.07, 6.45) is 1.32. The van der Waals surface area contributed by atoms with Gasteiger partial charge in [-0.2, -0.15) is 10.2 Å². The first-order chi connectivity index (χ1) is 13.5. The molecule has 0 fully saturated rings. The predicted molar refractivity (Wildman–Crippen MR) is 95.3 cm³/mol. The van der Waals surface area contributed by atoms with Gasteiger partial charge in [-0.25, -0.2) is 23.1 Å². The maximum absolute atomic E-state index is 14.6. The molecule has 2 heterocycles. The molecule has 0 aliphatic carbocycles. The van der Waals surface area contributed by atoms with E-state index in [2.05, 4.69) is 15.0 Å². The van der Waals surface area contributed by atoms with Crippen LogP contribution in [0, 0.1) is 28.8 Å². The summed E-state index contributed by atoms with van der Waals surface area (Å²) in [5.41, 5.74) is 5.94. The second kappa shape index (κ2) is 6.66. The van der Waals surface area contributed by atoms with Crippen LogP contribution < -0.4 is 5.73 Å². The Balaban J connectivity index is 1.90. The van der Waals surface area contributed by atoms with Crippen LogP contribution >= 0.6 is 0 Å². The lowest BCUT2D eigenvalue weighted by Crippen LogP contribution is -2.06. The van der Waals surface area contributed by atoms with E-state index in [1.807, 2.05) is 0 Å². The van der Waals surface area contributed by atoms with E-state index >= 15 is 0 Å². The standard InChI is InChI=1S/C19H11F3N6/c20-13-5-2-6-14(21)12(13)8-28-9-25-17-16(26-19(24)27-18(17)28)11-4-1-3-10(7-23)15(11)22/h1-6,9H,8H2,(H2,24,26,27). The zero-order valence-corrected chi connectivity index (χ0v) is 14.2. The fourth-order valence-electron chi connectivity index (χ4n) is 2.92. The SMILES string of the molecule is N#Cc1cccc(-c2nc(N)nc3c2ncn3Cc2c(F)cccc2F)c1F. The molecule has 0 saturated carbocycles. The minimum absolute atomic E-state index is 0.0282. The van der Waals surface area contributed by atoms with Gasteiger partial charge in [-0.05, 0) is 24.3 Å². The van der Waals surface area contributed by atoms with Crippen molar-refractivity contribution in [2.45, 2.75) is 6.54 Å². The second-order valence-electron chi connectivity index (χ2n) is 5.95. The van der Waals surface area contributed by atoms with Crippen LogP contribution in [0.15, 0.2) is 42.7 Å². The number of fused-ring (bicyclic) bond motifs is 1. The molecule has 6 nitrogen and oxygen atoms in total. The van der Waals surface area contributed by atoms with E-state index in [-0.39, 0.29) is 46.0 Å². The molecule has 0 radical (unpaired) electrons.